The Morgan fingerprint density at radius 1 is 1.19 bits per heavy atom. The summed E-state index contributed by atoms with van der Waals surface area (Å²) in [6, 6.07) is 1.64. The number of aromatic nitrogens is 2. The molecule has 2 unspecified atom stereocenters. The quantitative estimate of drug-likeness (QED) is 0.665. The molecule has 0 aliphatic carbocycles. The normalized spacial score (nSPS) is 18.8. The van der Waals surface area contributed by atoms with Gasteiger partial charge in [-0.15, -0.1) is 6.42 Å². The molecule has 2 amide bonds. The number of nitrogens with zero attached hydrogens (tertiary/aromatic N) is 5. The standard InChI is InChI=1S/C22H31N5O4/c1-10-17-16(12-23)18(25(9)19(28)30-21(3,4)5)27(24-17)15-11-14(2)26(13-15)20(29)31-22(6,7)8/h1,14-15H,11,13H2,2-9H3. The van der Waals surface area contributed by atoms with Crippen LogP contribution in [0.1, 0.15) is 72.2 Å². The molecule has 2 atom stereocenters. The highest BCUT2D eigenvalue weighted by atomic mass is 16.6. The summed E-state index contributed by atoms with van der Waals surface area (Å²) in [5, 5.41) is 14.1. The van der Waals surface area contributed by atoms with Gasteiger partial charge in [0.1, 0.15) is 22.8 Å². The minimum Gasteiger partial charge on any atom is -0.444 e. The fraction of sp³-hybridized carbons (Fsp3) is 0.636. The van der Waals surface area contributed by atoms with Crippen LogP contribution in [0, 0.1) is 23.7 Å². The summed E-state index contributed by atoms with van der Waals surface area (Å²) < 4.78 is 12.5. The zero-order valence-corrected chi connectivity index (χ0v) is 19.5. The van der Waals surface area contributed by atoms with Gasteiger partial charge in [-0.3, -0.25) is 4.90 Å². The molecule has 2 rings (SSSR count). The summed E-state index contributed by atoms with van der Waals surface area (Å²) in [5.41, 5.74) is -1.09. The Balaban J connectivity index is 2.43. The van der Waals surface area contributed by atoms with Crippen molar-refractivity contribution in [3.63, 3.8) is 0 Å². The number of carbonyl (C=O) groups excluding carboxylic acids is 2. The molecule has 1 aromatic rings. The molecule has 31 heavy (non-hydrogen) atoms. The van der Waals surface area contributed by atoms with Crippen LogP contribution < -0.4 is 4.90 Å². The molecule has 0 saturated carbocycles. The maximum Gasteiger partial charge on any atom is 0.415 e. The second kappa shape index (κ2) is 8.50. The van der Waals surface area contributed by atoms with Gasteiger partial charge < -0.3 is 14.4 Å². The van der Waals surface area contributed by atoms with Gasteiger partial charge in [-0.2, -0.15) is 10.4 Å². The van der Waals surface area contributed by atoms with Crippen LogP contribution in [0.3, 0.4) is 0 Å². The lowest BCUT2D eigenvalue weighted by atomic mass is 10.2. The minimum atomic E-state index is -0.715. The van der Waals surface area contributed by atoms with Gasteiger partial charge >= 0.3 is 12.2 Å². The summed E-state index contributed by atoms with van der Waals surface area (Å²) in [5.74, 6) is 2.65. The average molecular weight is 430 g/mol. The second-order valence-electron chi connectivity index (χ2n) is 9.66. The van der Waals surface area contributed by atoms with E-state index in [4.69, 9.17) is 15.9 Å². The van der Waals surface area contributed by atoms with Crippen molar-refractivity contribution < 1.29 is 19.1 Å². The molecule has 1 aromatic heterocycles. The summed E-state index contributed by atoms with van der Waals surface area (Å²) in [6.45, 7) is 12.9. The number of terminal acetylenes is 1. The number of rotatable bonds is 2. The number of ether oxygens (including phenoxy) is 2. The van der Waals surface area contributed by atoms with Gasteiger partial charge in [-0.05, 0) is 60.8 Å². The molecule has 1 saturated heterocycles. The molecule has 0 aromatic carbocycles. The van der Waals surface area contributed by atoms with Crippen LogP contribution in [0.4, 0.5) is 15.4 Å². The molecule has 1 aliphatic rings. The highest BCUT2D eigenvalue weighted by molar-refractivity contribution is 5.88. The van der Waals surface area contributed by atoms with E-state index in [0.29, 0.717) is 13.0 Å². The van der Waals surface area contributed by atoms with Crippen molar-refractivity contribution in [2.75, 3.05) is 18.5 Å². The maximum atomic E-state index is 12.7. The van der Waals surface area contributed by atoms with Gasteiger partial charge in [-0.1, -0.05) is 0 Å². The fourth-order valence-corrected chi connectivity index (χ4v) is 3.38. The third kappa shape index (κ3) is 5.49. The largest absolute Gasteiger partial charge is 0.444 e. The molecular formula is C22H31N5O4. The predicted molar refractivity (Wildman–Crippen MR) is 116 cm³/mol. The van der Waals surface area contributed by atoms with Crippen molar-refractivity contribution in [2.24, 2.45) is 0 Å². The van der Waals surface area contributed by atoms with E-state index in [9.17, 15) is 14.9 Å². The van der Waals surface area contributed by atoms with Gasteiger partial charge in [0.15, 0.2) is 11.5 Å². The molecule has 9 heteroatoms. The van der Waals surface area contributed by atoms with E-state index in [1.165, 1.54) is 11.9 Å². The third-order valence-electron chi connectivity index (χ3n) is 4.65. The van der Waals surface area contributed by atoms with E-state index >= 15 is 0 Å². The lowest BCUT2D eigenvalue weighted by Crippen LogP contribution is -2.39. The highest BCUT2D eigenvalue weighted by Crippen LogP contribution is 2.34. The number of carbonyl (C=O) groups is 2. The summed E-state index contributed by atoms with van der Waals surface area (Å²) in [4.78, 5) is 28.2. The van der Waals surface area contributed by atoms with E-state index in [-0.39, 0.29) is 29.2 Å². The Labute approximate surface area is 183 Å². The van der Waals surface area contributed by atoms with Gasteiger partial charge in [0.05, 0.1) is 6.04 Å². The van der Waals surface area contributed by atoms with Gasteiger partial charge in [0.2, 0.25) is 0 Å². The highest BCUT2D eigenvalue weighted by Gasteiger charge is 2.39. The van der Waals surface area contributed by atoms with Crippen LogP contribution in [0.2, 0.25) is 0 Å². The fourth-order valence-electron chi connectivity index (χ4n) is 3.38. The lowest BCUT2D eigenvalue weighted by molar-refractivity contribution is 0.0233. The van der Waals surface area contributed by atoms with E-state index in [0.717, 1.165) is 0 Å². The van der Waals surface area contributed by atoms with E-state index in [2.05, 4.69) is 17.1 Å². The summed E-state index contributed by atoms with van der Waals surface area (Å²) >= 11 is 0. The van der Waals surface area contributed by atoms with Crippen molar-refractivity contribution in [3.8, 4) is 18.4 Å². The molecule has 1 fully saturated rings. The van der Waals surface area contributed by atoms with Crippen LogP contribution in [-0.2, 0) is 9.47 Å². The minimum absolute atomic E-state index is 0.110. The van der Waals surface area contributed by atoms with Crippen LogP contribution in [0.5, 0.6) is 0 Å². The van der Waals surface area contributed by atoms with E-state index < -0.39 is 23.4 Å². The Bertz CT molecular complexity index is 939. The SMILES string of the molecule is C#Cc1nn(C2CC(C)N(C(=O)OC(C)(C)C)C2)c(N(C)C(=O)OC(C)(C)C)c1C#N. The van der Waals surface area contributed by atoms with Crippen LogP contribution in [0.15, 0.2) is 0 Å². The molecule has 0 spiro atoms. The molecule has 1 aliphatic heterocycles. The van der Waals surface area contributed by atoms with Crippen molar-refractivity contribution in [1.29, 1.82) is 5.26 Å². The van der Waals surface area contributed by atoms with Gasteiger partial charge in [0, 0.05) is 19.6 Å². The van der Waals surface area contributed by atoms with Gasteiger partial charge in [0.25, 0.3) is 0 Å². The Hall–Kier alpha value is -3.20. The van der Waals surface area contributed by atoms with E-state index in [1.54, 1.807) is 30.4 Å². The van der Waals surface area contributed by atoms with Crippen molar-refractivity contribution >= 4 is 18.0 Å². The molecule has 9 nitrogen and oxygen atoms in total. The number of anilines is 1. The number of amides is 2. The first-order valence-electron chi connectivity index (χ1n) is 10.1. The lowest BCUT2D eigenvalue weighted by Gasteiger charge is -2.27. The predicted octanol–water partition coefficient (Wildman–Crippen LogP) is 3.68. The smallest absolute Gasteiger partial charge is 0.415 e. The Kier molecular flexibility index (Phi) is 6.60. The van der Waals surface area contributed by atoms with Crippen molar-refractivity contribution in [1.82, 2.24) is 14.7 Å². The first-order valence-corrected chi connectivity index (χ1v) is 10.1. The molecule has 0 bridgehead atoms. The monoisotopic (exact) mass is 429 g/mol. The molecule has 0 radical (unpaired) electrons. The first kappa shape index (κ1) is 24.1. The number of hydrogen-bond donors (Lipinski definition) is 0. The average Bonchev–Trinajstić information content (AvgIpc) is 3.18. The zero-order valence-electron chi connectivity index (χ0n) is 19.5. The van der Waals surface area contributed by atoms with Crippen LogP contribution in [-0.4, -0.2) is 57.7 Å². The maximum absolute atomic E-state index is 12.7. The van der Waals surface area contributed by atoms with Crippen molar-refractivity contribution in [3.05, 3.63) is 11.3 Å². The number of hydrogen-bond acceptors (Lipinski definition) is 6. The Morgan fingerprint density at radius 3 is 2.26 bits per heavy atom. The second-order valence-corrected chi connectivity index (χ2v) is 9.66. The zero-order chi connectivity index (χ0) is 23.7. The van der Waals surface area contributed by atoms with Gasteiger partial charge in [-0.25, -0.2) is 14.3 Å². The summed E-state index contributed by atoms with van der Waals surface area (Å²) in [7, 11) is 1.51. The molecule has 0 N–H and O–H groups in total. The summed E-state index contributed by atoms with van der Waals surface area (Å²) in [6.07, 6.45) is 5.06. The number of nitriles is 1. The van der Waals surface area contributed by atoms with Crippen LogP contribution in [0.25, 0.3) is 0 Å². The Morgan fingerprint density at radius 2 is 1.77 bits per heavy atom. The first-order chi connectivity index (χ1) is 14.2. The van der Waals surface area contributed by atoms with Crippen molar-refractivity contribution in [2.45, 2.75) is 78.2 Å². The van der Waals surface area contributed by atoms with Crippen LogP contribution >= 0.6 is 0 Å². The molecule has 2 heterocycles. The number of likely N-dealkylation sites (tertiary alicyclic amines) is 1. The third-order valence-corrected chi connectivity index (χ3v) is 4.65. The topological polar surface area (TPSA) is 101 Å². The molecular weight excluding hydrogens is 398 g/mol. The van der Waals surface area contributed by atoms with E-state index in [1.807, 2.05) is 27.7 Å². The molecule has 168 valence electrons.